The largest absolute Gasteiger partial charge is 0.313 e. The smallest absolute Gasteiger partial charge is 0.269 e. The first-order valence-electron chi connectivity index (χ1n) is 8.46. The van der Waals surface area contributed by atoms with Crippen molar-refractivity contribution < 1.29 is 14.3 Å². The van der Waals surface area contributed by atoms with Gasteiger partial charge in [0, 0.05) is 29.2 Å². The number of hydrogen-bond acceptors (Lipinski definition) is 4. The van der Waals surface area contributed by atoms with Gasteiger partial charge >= 0.3 is 0 Å². The molecule has 0 aliphatic heterocycles. The molecule has 0 saturated heterocycles. The summed E-state index contributed by atoms with van der Waals surface area (Å²) in [4.78, 5) is 21.9. The molecule has 0 spiro atoms. The maximum absolute atomic E-state index is 14.4. The quantitative estimate of drug-likeness (QED) is 0.266. The summed E-state index contributed by atoms with van der Waals surface area (Å²) in [6, 6.07) is 24.1. The molecule has 0 heterocycles. The summed E-state index contributed by atoms with van der Waals surface area (Å²) < 4.78 is 14.4. The molecule has 0 saturated carbocycles. The van der Waals surface area contributed by atoms with Crippen molar-refractivity contribution in [2.45, 2.75) is 12.1 Å². The van der Waals surface area contributed by atoms with E-state index < -0.39 is 17.7 Å². The summed E-state index contributed by atoms with van der Waals surface area (Å²) in [5.74, 6) is 0. The van der Waals surface area contributed by atoms with Gasteiger partial charge in [-0.2, -0.15) is 0 Å². The topological polar surface area (TPSA) is 77.3 Å². The first kappa shape index (κ1) is 18.7. The zero-order valence-electron chi connectivity index (χ0n) is 14.5. The van der Waals surface area contributed by atoms with Gasteiger partial charge in [0.05, 0.1) is 10.6 Å². The summed E-state index contributed by atoms with van der Waals surface area (Å²) in [5.41, 5.74) is 0.00204. The maximum Gasteiger partial charge on any atom is 0.269 e. The van der Waals surface area contributed by atoms with Crippen LogP contribution in [0.1, 0.15) is 17.6 Å². The van der Waals surface area contributed by atoms with Crippen LogP contribution in [0.3, 0.4) is 0 Å². The summed E-state index contributed by atoms with van der Waals surface area (Å²) in [7, 11) is -3.21. The molecule has 0 aliphatic carbocycles. The van der Waals surface area contributed by atoms with Crippen LogP contribution < -0.4 is 10.6 Å². The van der Waals surface area contributed by atoms with Crippen LogP contribution in [0.15, 0.2) is 84.9 Å². The number of aldehydes is 1. The Morgan fingerprint density at radius 3 is 1.74 bits per heavy atom. The van der Waals surface area contributed by atoms with E-state index in [0.29, 0.717) is 16.2 Å². The number of carbonyl (C=O) groups excluding carboxylic acids is 1. The van der Waals surface area contributed by atoms with Crippen molar-refractivity contribution in [2.75, 3.05) is 0 Å². The first-order valence-corrected chi connectivity index (χ1v) is 10.2. The molecule has 1 atom stereocenters. The molecule has 0 unspecified atom stereocenters. The number of rotatable bonds is 7. The highest BCUT2D eigenvalue weighted by molar-refractivity contribution is 7.79. The third-order valence-corrected chi connectivity index (χ3v) is 8.04. The van der Waals surface area contributed by atoms with Gasteiger partial charge in [-0.05, 0) is 5.56 Å². The molecule has 6 heteroatoms. The Morgan fingerprint density at radius 1 is 0.852 bits per heavy atom. The average Bonchev–Trinajstić information content (AvgIpc) is 2.73. The standard InChI is InChI=1S/C21H18NO4P/c23-16-15-21(17-11-13-18(14-12-17)22(24)25)27(26,19-7-3-1-4-8-19)20-9-5-2-6-10-20/h1-14,16,21H,15H2/t21-/m0/s1. The summed E-state index contributed by atoms with van der Waals surface area (Å²) in [6.45, 7) is 0. The number of nitrogens with zero attached hydrogens (tertiary/aromatic N) is 1. The third kappa shape index (κ3) is 3.74. The molecule has 27 heavy (non-hydrogen) atoms. The molecule has 3 aromatic carbocycles. The van der Waals surface area contributed by atoms with Gasteiger partial charge in [0.25, 0.3) is 5.69 Å². The zero-order chi connectivity index (χ0) is 19.3. The van der Waals surface area contributed by atoms with Gasteiger partial charge in [0.2, 0.25) is 0 Å². The Balaban J connectivity index is 2.20. The second kappa shape index (κ2) is 8.11. The fourth-order valence-electron chi connectivity index (χ4n) is 3.21. The molecule has 0 aliphatic rings. The van der Waals surface area contributed by atoms with Gasteiger partial charge in [-0.1, -0.05) is 72.8 Å². The van der Waals surface area contributed by atoms with Crippen LogP contribution in [0.2, 0.25) is 0 Å². The fourth-order valence-corrected chi connectivity index (χ4v) is 6.43. The van der Waals surface area contributed by atoms with E-state index in [2.05, 4.69) is 0 Å². The van der Waals surface area contributed by atoms with Crippen LogP contribution in [0.4, 0.5) is 5.69 Å². The predicted octanol–water partition coefficient (Wildman–Crippen LogP) is 4.24. The molecular formula is C21H18NO4P. The summed E-state index contributed by atoms with van der Waals surface area (Å²) in [6.07, 6.45) is 0.809. The SMILES string of the molecule is O=CC[C@@H](c1ccc([N+](=O)[O-])cc1)P(=O)(c1ccccc1)c1ccccc1. The minimum atomic E-state index is -3.21. The molecule has 0 bridgehead atoms. The van der Waals surface area contributed by atoms with Crippen LogP contribution in [0.25, 0.3) is 0 Å². The van der Waals surface area contributed by atoms with Crippen LogP contribution in [-0.4, -0.2) is 11.2 Å². The Morgan fingerprint density at radius 2 is 1.33 bits per heavy atom. The van der Waals surface area contributed by atoms with E-state index in [1.165, 1.54) is 12.1 Å². The van der Waals surface area contributed by atoms with Crippen molar-refractivity contribution in [3.8, 4) is 0 Å². The molecule has 0 N–H and O–H groups in total. The molecule has 3 aromatic rings. The highest BCUT2D eigenvalue weighted by Crippen LogP contribution is 2.58. The van der Waals surface area contributed by atoms with Gasteiger partial charge in [-0.15, -0.1) is 0 Å². The normalized spacial score (nSPS) is 12.3. The fraction of sp³-hybridized carbons (Fsp3) is 0.0952. The van der Waals surface area contributed by atoms with Crippen molar-refractivity contribution >= 4 is 29.7 Å². The molecule has 0 amide bonds. The highest BCUT2D eigenvalue weighted by atomic mass is 31.2. The number of nitro groups is 1. The Labute approximate surface area is 157 Å². The number of nitro benzene ring substituents is 1. The van der Waals surface area contributed by atoms with E-state index in [9.17, 15) is 19.5 Å². The van der Waals surface area contributed by atoms with E-state index in [0.717, 1.165) is 6.29 Å². The second-order valence-electron chi connectivity index (χ2n) is 6.10. The summed E-state index contributed by atoms with van der Waals surface area (Å²) >= 11 is 0. The zero-order valence-corrected chi connectivity index (χ0v) is 15.4. The van der Waals surface area contributed by atoms with Gasteiger partial charge in [0.1, 0.15) is 6.29 Å². The molecule has 5 nitrogen and oxygen atoms in total. The van der Waals surface area contributed by atoms with Crippen molar-refractivity contribution in [1.29, 1.82) is 0 Å². The highest BCUT2D eigenvalue weighted by Gasteiger charge is 2.37. The van der Waals surface area contributed by atoms with E-state index in [1.54, 1.807) is 36.4 Å². The molecule has 136 valence electrons. The Bertz CT molecular complexity index is 929. The Hall–Kier alpha value is -3.04. The number of non-ortho nitro benzene ring substituents is 1. The molecular weight excluding hydrogens is 361 g/mol. The van der Waals surface area contributed by atoms with Crippen molar-refractivity contribution in [2.24, 2.45) is 0 Å². The first-order chi connectivity index (χ1) is 13.1. The predicted molar refractivity (Wildman–Crippen MR) is 106 cm³/mol. The van der Waals surface area contributed by atoms with E-state index in [4.69, 9.17) is 0 Å². The molecule has 0 radical (unpaired) electrons. The average molecular weight is 379 g/mol. The van der Waals surface area contributed by atoms with Crippen LogP contribution in [-0.2, 0) is 9.36 Å². The van der Waals surface area contributed by atoms with Gasteiger partial charge < -0.3 is 9.36 Å². The van der Waals surface area contributed by atoms with Gasteiger partial charge in [-0.25, -0.2) is 0 Å². The van der Waals surface area contributed by atoms with Crippen molar-refractivity contribution in [1.82, 2.24) is 0 Å². The van der Waals surface area contributed by atoms with Crippen molar-refractivity contribution in [3.63, 3.8) is 0 Å². The number of hydrogen-bond donors (Lipinski definition) is 0. The lowest BCUT2D eigenvalue weighted by molar-refractivity contribution is -0.384. The summed E-state index contributed by atoms with van der Waals surface area (Å²) in [5, 5.41) is 12.3. The van der Waals surface area contributed by atoms with Crippen LogP contribution >= 0.6 is 7.14 Å². The third-order valence-electron chi connectivity index (χ3n) is 4.53. The lowest BCUT2D eigenvalue weighted by Gasteiger charge is -2.28. The Kier molecular flexibility index (Phi) is 5.63. The maximum atomic E-state index is 14.4. The van der Waals surface area contributed by atoms with Crippen LogP contribution in [0, 0.1) is 10.1 Å². The monoisotopic (exact) mass is 379 g/mol. The van der Waals surface area contributed by atoms with Gasteiger partial charge in [-0.3, -0.25) is 10.1 Å². The number of carbonyl (C=O) groups is 1. The lowest BCUT2D eigenvalue weighted by Crippen LogP contribution is -2.21. The number of benzene rings is 3. The van der Waals surface area contributed by atoms with Crippen LogP contribution in [0.5, 0.6) is 0 Å². The minimum absolute atomic E-state index is 0.0437. The minimum Gasteiger partial charge on any atom is -0.313 e. The van der Waals surface area contributed by atoms with Crippen molar-refractivity contribution in [3.05, 3.63) is 101 Å². The van der Waals surface area contributed by atoms with E-state index in [1.807, 2.05) is 36.4 Å². The van der Waals surface area contributed by atoms with Gasteiger partial charge in [0.15, 0.2) is 7.14 Å². The molecule has 0 fully saturated rings. The lowest BCUT2D eigenvalue weighted by atomic mass is 10.1. The second-order valence-corrected chi connectivity index (χ2v) is 9.07. The van der Waals surface area contributed by atoms with E-state index in [-0.39, 0.29) is 12.1 Å². The molecule has 0 aromatic heterocycles. The van der Waals surface area contributed by atoms with E-state index >= 15 is 0 Å². The molecule has 3 rings (SSSR count).